The third-order valence-corrected chi connectivity index (χ3v) is 4.80. The minimum atomic E-state index is -0.601. The molecule has 0 radical (unpaired) electrons. The zero-order valence-corrected chi connectivity index (χ0v) is 15.7. The van der Waals surface area contributed by atoms with Crippen molar-refractivity contribution in [3.63, 3.8) is 0 Å². The number of rotatable bonds is 4. The van der Waals surface area contributed by atoms with E-state index in [4.69, 9.17) is 40.1 Å². The molecule has 0 saturated heterocycles. The van der Waals surface area contributed by atoms with Crippen molar-refractivity contribution < 1.29 is 4.79 Å². The van der Waals surface area contributed by atoms with E-state index in [0.29, 0.717) is 32.5 Å². The molecule has 0 spiro atoms. The number of dihydropyridines is 1. The van der Waals surface area contributed by atoms with Crippen LogP contribution < -0.4 is 5.32 Å². The van der Waals surface area contributed by atoms with Gasteiger partial charge in [0.25, 0.3) is 5.24 Å². The minimum absolute atomic E-state index is 0.195. The summed E-state index contributed by atoms with van der Waals surface area (Å²) < 4.78 is 0. The third-order valence-electron chi connectivity index (χ3n) is 4.02. The van der Waals surface area contributed by atoms with Crippen molar-refractivity contribution >= 4 is 51.3 Å². The van der Waals surface area contributed by atoms with Crippen LogP contribution in [-0.4, -0.2) is 11.3 Å². The summed E-state index contributed by atoms with van der Waals surface area (Å²) in [4.78, 5) is 12.2. The highest BCUT2D eigenvalue weighted by Crippen LogP contribution is 2.38. The molecule has 0 aromatic heterocycles. The maximum Gasteiger partial charge on any atom is 0.252 e. The number of hydrogen-bond acceptors (Lipinski definition) is 3. The van der Waals surface area contributed by atoms with E-state index in [1.165, 1.54) is 0 Å². The first-order valence-electron chi connectivity index (χ1n) is 7.82. The molecule has 130 valence electrons. The Hall–Kier alpha value is -2.25. The van der Waals surface area contributed by atoms with Crippen molar-refractivity contribution in [2.75, 3.05) is 0 Å². The average Bonchev–Trinajstić information content (AvgIpc) is 2.62. The van der Waals surface area contributed by atoms with Crippen molar-refractivity contribution in [3.05, 3.63) is 81.4 Å². The molecule has 0 amide bonds. The number of nitrogens with one attached hydrogen (secondary N) is 1. The zero-order valence-electron chi connectivity index (χ0n) is 13.5. The van der Waals surface area contributed by atoms with Gasteiger partial charge in [-0.05, 0) is 41.4 Å². The highest BCUT2D eigenvalue weighted by molar-refractivity contribution is 6.69. The van der Waals surface area contributed by atoms with Gasteiger partial charge in [-0.1, -0.05) is 53.5 Å². The fourth-order valence-corrected chi connectivity index (χ4v) is 3.39. The number of carbonyl (C=O) groups excluding carboxylic acids is 1. The van der Waals surface area contributed by atoms with Crippen LogP contribution in [0.2, 0.25) is 10.0 Å². The lowest BCUT2D eigenvalue weighted by molar-refractivity contribution is -0.108. The van der Waals surface area contributed by atoms with E-state index in [2.05, 4.69) is 11.4 Å². The van der Waals surface area contributed by atoms with Gasteiger partial charge in [0.15, 0.2) is 0 Å². The summed E-state index contributed by atoms with van der Waals surface area (Å²) in [6, 6.07) is 16.2. The Kier molecular flexibility index (Phi) is 5.68. The van der Waals surface area contributed by atoms with Gasteiger partial charge in [0.05, 0.1) is 24.2 Å². The van der Waals surface area contributed by atoms with E-state index >= 15 is 0 Å². The maximum atomic E-state index is 12.2. The van der Waals surface area contributed by atoms with E-state index in [-0.39, 0.29) is 12.5 Å². The van der Waals surface area contributed by atoms with Crippen LogP contribution in [0.4, 0.5) is 0 Å². The van der Waals surface area contributed by atoms with Crippen molar-refractivity contribution in [2.45, 2.75) is 12.5 Å². The second-order valence-electron chi connectivity index (χ2n) is 5.70. The topological polar surface area (TPSA) is 52.9 Å². The summed E-state index contributed by atoms with van der Waals surface area (Å²) in [5.41, 5.74) is 3.11. The molecule has 1 atom stereocenters. The van der Waals surface area contributed by atoms with Crippen LogP contribution in [0.5, 0.6) is 0 Å². The molecule has 3 nitrogen and oxygen atoms in total. The van der Waals surface area contributed by atoms with Gasteiger partial charge in [-0.15, -0.1) is 0 Å². The Morgan fingerprint density at radius 1 is 1.12 bits per heavy atom. The van der Waals surface area contributed by atoms with Crippen LogP contribution in [0.15, 0.2) is 60.2 Å². The molecule has 1 N–H and O–H groups in total. The van der Waals surface area contributed by atoms with Crippen LogP contribution in [0, 0.1) is 11.3 Å². The fourth-order valence-electron chi connectivity index (χ4n) is 2.88. The van der Waals surface area contributed by atoms with E-state index in [0.717, 1.165) is 5.56 Å². The normalized spacial score (nSPS) is 16.5. The fraction of sp³-hybridized carbons (Fsp3) is 0.100. The number of nitriles is 1. The number of halogens is 3. The van der Waals surface area contributed by atoms with Gasteiger partial charge >= 0.3 is 0 Å². The lowest BCUT2D eigenvalue weighted by atomic mass is 9.88. The van der Waals surface area contributed by atoms with Crippen molar-refractivity contribution in [3.8, 4) is 6.07 Å². The summed E-state index contributed by atoms with van der Waals surface area (Å²) in [5, 5.41) is 12.9. The first-order chi connectivity index (χ1) is 12.5. The molecular formula is C20H13Cl3N2O. The molecule has 6 heteroatoms. The van der Waals surface area contributed by atoms with Crippen molar-refractivity contribution in [2.24, 2.45) is 0 Å². The van der Waals surface area contributed by atoms with Gasteiger partial charge in [-0.25, -0.2) is 0 Å². The molecule has 1 unspecified atom stereocenters. The van der Waals surface area contributed by atoms with Crippen LogP contribution in [-0.2, 0) is 4.79 Å². The molecule has 1 aliphatic rings. The van der Waals surface area contributed by atoms with Crippen LogP contribution in [0.25, 0.3) is 11.3 Å². The van der Waals surface area contributed by atoms with Gasteiger partial charge in [0.1, 0.15) is 0 Å². The van der Waals surface area contributed by atoms with Crippen LogP contribution in [0.1, 0.15) is 17.5 Å². The predicted octanol–water partition coefficient (Wildman–Crippen LogP) is 5.44. The van der Waals surface area contributed by atoms with Crippen molar-refractivity contribution in [1.82, 2.24) is 5.32 Å². The summed E-state index contributed by atoms with van der Waals surface area (Å²) in [6.45, 7) is 0. The Labute approximate surface area is 166 Å². The maximum absolute atomic E-state index is 12.2. The van der Waals surface area contributed by atoms with Crippen LogP contribution in [0.3, 0.4) is 0 Å². The van der Waals surface area contributed by atoms with Crippen molar-refractivity contribution in [1.29, 1.82) is 5.26 Å². The molecule has 3 rings (SSSR count). The Balaban J connectivity index is 2.28. The molecule has 1 heterocycles. The van der Waals surface area contributed by atoms with Gasteiger partial charge < -0.3 is 5.32 Å². The monoisotopic (exact) mass is 402 g/mol. The molecule has 26 heavy (non-hydrogen) atoms. The molecule has 2 aromatic carbocycles. The lowest BCUT2D eigenvalue weighted by Gasteiger charge is -2.28. The average molecular weight is 404 g/mol. The van der Waals surface area contributed by atoms with E-state index < -0.39 is 5.24 Å². The van der Waals surface area contributed by atoms with Gasteiger partial charge in [0, 0.05) is 26.8 Å². The number of benzene rings is 2. The second-order valence-corrected chi connectivity index (χ2v) is 6.89. The molecular weight excluding hydrogens is 391 g/mol. The minimum Gasteiger partial charge on any atom is -0.377 e. The number of allylic oxidation sites excluding steroid dienone is 2. The smallest absolute Gasteiger partial charge is 0.252 e. The number of nitrogens with zero attached hydrogens (tertiary/aromatic N) is 1. The highest BCUT2D eigenvalue weighted by Gasteiger charge is 2.28. The van der Waals surface area contributed by atoms with Gasteiger partial charge in [0.2, 0.25) is 0 Å². The second kappa shape index (κ2) is 7.97. The summed E-state index contributed by atoms with van der Waals surface area (Å²) in [5.74, 6) is 0. The first kappa shape index (κ1) is 18.5. The number of carbonyl (C=O) groups is 1. The summed E-state index contributed by atoms with van der Waals surface area (Å²) >= 11 is 18.3. The van der Waals surface area contributed by atoms with E-state index in [9.17, 15) is 4.79 Å². The highest BCUT2D eigenvalue weighted by atomic mass is 35.5. The van der Waals surface area contributed by atoms with Gasteiger partial charge in [-0.2, -0.15) is 5.26 Å². The molecule has 0 fully saturated rings. The SMILES string of the molecule is N#CCC1C=C(C(=O)Cl)C(c2ccccc2Cl)=C(c2ccc(Cl)cc2)N1. The Bertz CT molecular complexity index is 956. The first-order valence-corrected chi connectivity index (χ1v) is 8.95. The standard InChI is InChI=1S/C20H13Cl3N2O/c21-13-7-5-12(6-8-13)19-18(15-3-1-2-4-17(15)22)16(20(23)26)11-14(25-19)9-10-24/h1-8,11,14,25H,9H2. The number of hydrogen-bond donors (Lipinski definition) is 1. The zero-order chi connectivity index (χ0) is 18.7. The third kappa shape index (κ3) is 3.78. The largest absolute Gasteiger partial charge is 0.377 e. The van der Waals surface area contributed by atoms with E-state index in [1.54, 1.807) is 24.3 Å². The molecule has 1 aliphatic heterocycles. The lowest BCUT2D eigenvalue weighted by Crippen LogP contribution is -2.31. The molecule has 0 saturated carbocycles. The molecule has 0 bridgehead atoms. The Morgan fingerprint density at radius 3 is 2.42 bits per heavy atom. The predicted molar refractivity (Wildman–Crippen MR) is 106 cm³/mol. The summed E-state index contributed by atoms with van der Waals surface area (Å²) in [7, 11) is 0. The molecule has 2 aromatic rings. The van der Waals surface area contributed by atoms with Crippen LogP contribution >= 0.6 is 34.8 Å². The molecule has 0 aliphatic carbocycles. The Morgan fingerprint density at radius 2 is 1.81 bits per heavy atom. The summed E-state index contributed by atoms with van der Waals surface area (Å²) in [6.07, 6.45) is 1.87. The van der Waals surface area contributed by atoms with E-state index in [1.807, 2.05) is 30.3 Å². The quantitative estimate of drug-likeness (QED) is 0.692. The van der Waals surface area contributed by atoms with Gasteiger partial charge in [-0.3, -0.25) is 4.79 Å².